The molecule has 1 aliphatic heterocycles. The average Bonchev–Trinajstić information content (AvgIpc) is 2.97. The first kappa shape index (κ1) is 29.5. The molecule has 0 unspecified atom stereocenters. The molecule has 1 fully saturated rings. The van der Waals surface area contributed by atoms with E-state index in [0.29, 0.717) is 34.7 Å². The van der Waals surface area contributed by atoms with Gasteiger partial charge in [-0.05, 0) is 72.6 Å². The number of amidine groups is 1. The molecule has 1 heterocycles. The summed E-state index contributed by atoms with van der Waals surface area (Å²) in [5.74, 6) is 1.08. The van der Waals surface area contributed by atoms with Gasteiger partial charge in [0.2, 0.25) is 11.8 Å². The quantitative estimate of drug-likeness (QED) is 0.225. The smallest absolute Gasteiger partial charge is 0.238 e. The number of benzene rings is 3. The van der Waals surface area contributed by atoms with E-state index in [1.165, 1.54) is 24.6 Å². The lowest BCUT2D eigenvalue weighted by Gasteiger charge is -2.32. The Kier molecular flexibility index (Phi) is 10.9. The zero-order valence-electron chi connectivity index (χ0n) is 22.8. The molecule has 1 aliphatic rings. The predicted octanol–water partition coefficient (Wildman–Crippen LogP) is 7.47. The summed E-state index contributed by atoms with van der Waals surface area (Å²) in [5.41, 5.74) is 2.22. The van der Waals surface area contributed by atoms with Crippen molar-refractivity contribution >= 4 is 51.7 Å². The summed E-state index contributed by atoms with van der Waals surface area (Å²) in [6, 6.07) is 21.9. The number of nitrogens with zero attached hydrogens (tertiary/aromatic N) is 2. The van der Waals surface area contributed by atoms with Crippen LogP contribution in [0, 0.1) is 0 Å². The van der Waals surface area contributed by atoms with Gasteiger partial charge in [0.15, 0.2) is 5.17 Å². The molecule has 7 nitrogen and oxygen atoms in total. The number of unbranched alkanes of at least 4 members (excludes halogenated alkanes) is 3. The van der Waals surface area contributed by atoms with E-state index in [2.05, 4.69) is 12.2 Å². The number of carbonyl (C=O) groups excluding carboxylic acids is 2. The van der Waals surface area contributed by atoms with E-state index in [-0.39, 0.29) is 18.2 Å². The number of carbonyl (C=O) groups is 2. The molecule has 210 valence electrons. The van der Waals surface area contributed by atoms with Crippen LogP contribution in [0.5, 0.6) is 11.5 Å². The normalized spacial score (nSPS) is 16.2. The Hall–Kier alpha value is -3.49. The molecule has 0 aromatic heterocycles. The van der Waals surface area contributed by atoms with Crippen LogP contribution in [-0.4, -0.2) is 40.8 Å². The fourth-order valence-corrected chi connectivity index (χ4v) is 5.34. The number of hydrogen-bond acceptors (Lipinski definition) is 6. The number of anilines is 1. The highest BCUT2D eigenvalue weighted by molar-refractivity contribution is 8.15. The zero-order valence-corrected chi connectivity index (χ0v) is 24.3. The molecule has 0 bridgehead atoms. The topological polar surface area (TPSA) is 80.2 Å². The fraction of sp³-hybridized carbons (Fsp3) is 0.323. The van der Waals surface area contributed by atoms with Crippen molar-refractivity contribution in [1.82, 2.24) is 4.90 Å². The van der Waals surface area contributed by atoms with Crippen molar-refractivity contribution < 1.29 is 19.1 Å². The van der Waals surface area contributed by atoms with Crippen molar-refractivity contribution in [3.05, 3.63) is 83.4 Å². The van der Waals surface area contributed by atoms with Crippen LogP contribution in [0.4, 0.5) is 11.4 Å². The number of aliphatic imine (C=N–C) groups is 1. The van der Waals surface area contributed by atoms with Crippen molar-refractivity contribution in [1.29, 1.82) is 0 Å². The minimum absolute atomic E-state index is 0.0608. The minimum atomic E-state index is -0.625. The molecule has 1 N–H and O–H groups in total. The number of rotatable bonds is 12. The number of thioether (sulfide) groups is 1. The summed E-state index contributed by atoms with van der Waals surface area (Å²) in [4.78, 5) is 32.9. The summed E-state index contributed by atoms with van der Waals surface area (Å²) in [6.45, 7) is 3.19. The van der Waals surface area contributed by atoms with Crippen LogP contribution >= 0.6 is 23.4 Å². The molecule has 1 atom stereocenters. The van der Waals surface area contributed by atoms with Crippen LogP contribution in [0.2, 0.25) is 5.02 Å². The van der Waals surface area contributed by atoms with E-state index in [1.807, 2.05) is 48.5 Å². The highest BCUT2D eigenvalue weighted by atomic mass is 35.5. The molecule has 0 radical (unpaired) electrons. The molecular formula is C31H34ClN3O4S. The highest BCUT2D eigenvalue weighted by Crippen LogP contribution is 2.32. The number of methoxy groups -OCH3 is 1. The van der Waals surface area contributed by atoms with Crippen molar-refractivity contribution in [3.63, 3.8) is 0 Å². The molecule has 0 aliphatic carbocycles. The Balaban J connectivity index is 1.44. The number of ether oxygens (including phenoxy) is 2. The third-order valence-electron chi connectivity index (χ3n) is 6.37. The van der Waals surface area contributed by atoms with E-state index < -0.39 is 5.25 Å². The lowest BCUT2D eigenvalue weighted by atomic mass is 10.2. The van der Waals surface area contributed by atoms with Crippen LogP contribution in [0.25, 0.3) is 0 Å². The van der Waals surface area contributed by atoms with Gasteiger partial charge in [0.05, 0.1) is 25.9 Å². The highest BCUT2D eigenvalue weighted by Gasteiger charge is 2.36. The van der Waals surface area contributed by atoms with Gasteiger partial charge >= 0.3 is 0 Å². The summed E-state index contributed by atoms with van der Waals surface area (Å²) in [5, 5.41) is 3.37. The maximum Gasteiger partial charge on any atom is 0.238 e. The van der Waals surface area contributed by atoms with Crippen molar-refractivity contribution in [2.45, 2.75) is 50.8 Å². The summed E-state index contributed by atoms with van der Waals surface area (Å²) < 4.78 is 11.0. The van der Waals surface area contributed by atoms with Crippen molar-refractivity contribution in [2.75, 3.05) is 19.0 Å². The SMILES string of the molecule is CCCCCCOc1ccc(NC(=O)[C@H]2CC(=O)N(Cc3ccc(OC)cc3)C(=Nc3ccc(Cl)cc3)S2)cc1. The molecule has 9 heteroatoms. The summed E-state index contributed by atoms with van der Waals surface area (Å²) in [7, 11) is 1.61. The van der Waals surface area contributed by atoms with Gasteiger partial charge in [0, 0.05) is 17.1 Å². The first-order valence-electron chi connectivity index (χ1n) is 13.4. The molecule has 1 saturated heterocycles. The molecule has 3 aromatic carbocycles. The number of nitrogens with one attached hydrogen (secondary N) is 1. The van der Waals surface area contributed by atoms with Crippen LogP contribution in [0.1, 0.15) is 44.6 Å². The maximum atomic E-state index is 13.3. The standard InChI is InChI=1S/C31H34ClN3O4S/c1-3-4-5-6-19-39-27-17-13-24(14-18-27)33-30(37)28-20-29(36)35(21-22-7-15-26(38-2)16-8-22)31(40-28)34-25-11-9-23(32)10-12-25/h7-18,28H,3-6,19-21H2,1-2H3,(H,33,37)/t28-/m1/s1. The van der Waals surface area contributed by atoms with Gasteiger partial charge < -0.3 is 14.8 Å². The van der Waals surface area contributed by atoms with Gasteiger partial charge in [-0.1, -0.05) is 61.7 Å². The Morgan fingerprint density at radius 2 is 1.70 bits per heavy atom. The van der Waals surface area contributed by atoms with Crippen LogP contribution in [-0.2, 0) is 16.1 Å². The second kappa shape index (κ2) is 14.8. The monoisotopic (exact) mass is 579 g/mol. The molecule has 3 aromatic rings. The van der Waals surface area contributed by atoms with Gasteiger partial charge in [0.1, 0.15) is 16.7 Å². The molecule has 2 amide bonds. The predicted molar refractivity (Wildman–Crippen MR) is 163 cm³/mol. The maximum absolute atomic E-state index is 13.3. The summed E-state index contributed by atoms with van der Waals surface area (Å²) >= 11 is 7.32. The van der Waals surface area contributed by atoms with E-state index in [1.54, 1.807) is 36.3 Å². The minimum Gasteiger partial charge on any atom is -0.497 e. The first-order valence-corrected chi connectivity index (χ1v) is 14.7. The van der Waals surface area contributed by atoms with E-state index in [9.17, 15) is 9.59 Å². The van der Waals surface area contributed by atoms with E-state index in [0.717, 1.165) is 29.9 Å². The van der Waals surface area contributed by atoms with Crippen LogP contribution < -0.4 is 14.8 Å². The molecule has 40 heavy (non-hydrogen) atoms. The molecule has 0 spiro atoms. The van der Waals surface area contributed by atoms with E-state index >= 15 is 0 Å². The lowest BCUT2D eigenvalue weighted by Crippen LogP contribution is -2.44. The Bertz CT molecular complexity index is 1300. The van der Waals surface area contributed by atoms with Gasteiger partial charge in [-0.2, -0.15) is 0 Å². The third-order valence-corrected chi connectivity index (χ3v) is 7.81. The Morgan fingerprint density at radius 3 is 2.38 bits per heavy atom. The average molecular weight is 580 g/mol. The Labute approximate surface area is 244 Å². The fourth-order valence-electron chi connectivity index (χ4n) is 4.11. The first-order chi connectivity index (χ1) is 19.4. The second-order valence-corrected chi connectivity index (χ2v) is 11.0. The molecular weight excluding hydrogens is 546 g/mol. The largest absolute Gasteiger partial charge is 0.497 e. The molecule has 4 rings (SSSR count). The summed E-state index contributed by atoms with van der Waals surface area (Å²) in [6.07, 6.45) is 4.64. The van der Waals surface area contributed by atoms with Crippen molar-refractivity contribution in [3.8, 4) is 11.5 Å². The van der Waals surface area contributed by atoms with Gasteiger partial charge in [0.25, 0.3) is 0 Å². The van der Waals surface area contributed by atoms with Gasteiger partial charge in [-0.15, -0.1) is 0 Å². The van der Waals surface area contributed by atoms with Crippen molar-refractivity contribution in [2.24, 2.45) is 4.99 Å². The number of halogens is 1. The van der Waals surface area contributed by atoms with Gasteiger partial charge in [-0.25, -0.2) is 4.99 Å². The van der Waals surface area contributed by atoms with Crippen LogP contribution in [0.3, 0.4) is 0 Å². The Morgan fingerprint density at radius 1 is 1.00 bits per heavy atom. The number of hydrogen-bond donors (Lipinski definition) is 1. The van der Waals surface area contributed by atoms with E-state index in [4.69, 9.17) is 26.1 Å². The lowest BCUT2D eigenvalue weighted by molar-refractivity contribution is -0.129. The zero-order chi connectivity index (χ0) is 28.3. The molecule has 0 saturated carbocycles. The number of amides is 2. The van der Waals surface area contributed by atoms with Gasteiger partial charge in [-0.3, -0.25) is 14.5 Å². The third kappa shape index (κ3) is 8.50. The second-order valence-electron chi connectivity index (χ2n) is 9.43. The van der Waals surface area contributed by atoms with Crippen LogP contribution in [0.15, 0.2) is 77.8 Å².